The molecule has 0 radical (unpaired) electrons. The van der Waals surface area contributed by atoms with Crippen LogP contribution in [0, 0.1) is 13.8 Å². The quantitative estimate of drug-likeness (QED) is 0.935. The average molecular weight is 278 g/mol. The second kappa shape index (κ2) is 5.52. The van der Waals surface area contributed by atoms with Gasteiger partial charge < -0.3 is 5.32 Å². The molecule has 0 fully saturated rings. The van der Waals surface area contributed by atoms with Crippen molar-refractivity contribution < 1.29 is 4.79 Å². The van der Waals surface area contributed by atoms with Gasteiger partial charge in [0.05, 0.1) is 11.4 Å². The van der Waals surface area contributed by atoms with Gasteiger partial charge in [0.1, 0.15) is 6.04 Å². The van der Waals surface area contributed by atoms with Crippen LogP contribution in [0.15, 0.2) is 11.4 Å². The van der Waals surface area contributed by atoms with Crippen LogP contribution in [0.3, 0.4) is 0 Å². The van der Waals surface area contributed by atoms with Gasteiger partial charge in [0, 0.05) is 11.1 Å². The number of carbonyl (C=O) groups excluding carboxylic acids is 1. The van der Waals surface area contributed by atoms with Crippen molar-refractivity contribution in [3.63, 3.8) is 0 Å². The van der Waals surface area contributed by atoms with E-state index in [1.807, 2.05) is 39.1 Å². The number of rotatable bonds is 4. The first-order chi connectivity index (χ1) is 9.01. The standard InChI is InChI=1S/C13H18N4OS/c1-5-11-7-19-13(14-11)15-12(18)10(4)17-9(3)6-8(2)16-17/h6-7,10H,5H2,1-4H3,(H,14,15,18). The van der Waals surface area contributed by atoms with E-state index >= 15 is 0 Å². The molecule has 0 aliphatic heterocycles. The molecule has 1 amide bonds. The van der Waals surface area contributed by atoms with Crippen molar-refractivity contribution in [2.45, 2.75) is 40.2 Å². The summed E-state index contributed by atoms with van der Waals surface area (Å²) in [5.41, 5.74) is 2.90. The lowest BCUT2D eigenvalue weighted by molar-refractivity contribution is -0.119. The first-order valence-corrected chi connectivity index (χ1v) is 7.17. The fraction of sp³-hybridized carbons (Fsp3) is 0.462. The van der Waals surface area contributed by atoms with Gasteiger partial charge in [0.2, 0.25) is 0 Å². The molecule has 1 atom stereocenters. The van der Waals surface area contributed by atoms with Crippen molar-refractivity contribution in [1.29, 1.82) is 0 Å². The molecule has 19 heavy (non-hydrogen) atoms. The van der Waals surface area contributed by atoms with Gasteiger partial charge in [-0.1, -0.05) is 6.92 Å². The molecule has 2 rings (SSSR count). The minimum Gasteiger partial charge on any atom is -0.300 e. The van der Waals surface area contributed by atoms with Crippen LogP contribution in [0.25, 0.3) is 0 Å². The van der Waals surface area contributed by atoms with Crippen molar-refractivity contribution in [3.05, 3.63) is 28.5 Å². The normalized spacial score (nSPS) is 12.4. The first kappa shape index (κ1) is 13.7. The highest BCUT2D eigenvalue weighted by Gasteiger charge is 2.18. The summed E-state index contributed by atoms with van der Waals surface area (Å²) < 4.78 is 1.74. The SMILES string of the molecule is CCc1csc(NC(=O)C(C)n2nc(C)cc2C)n1. The average Bonchev–Trinajstić information content (AvgIpc) is 2.94. The zero-order valence-electron chi connectivity index (χ0n) is 11.6. The van der Waals surface area contributed by atoms with Crippen molar-refractivity contribution in [2.24, 2.45) is 0 Å². The maximum Gasteiger partial charge on any atom is 0.250 e. The molecule has 0 spiro atoms. The number of anilines is 1. The molecule has 2 heterocycles. The summed E-state index contributed by atoms with van der Waals surface area (Å²) in [4.78, 5) is 16.5. The fourth-order valence-electron chi connectivity index (χ4n) is 1.89. The van der Waals surface area contributed by atoms with Gasteiger partial charge in [0.25, 0.3) is 5.91 Å². The van der Waals surface area contributed by atoms with Crippen molar-refractivity contribution in [1.82, 2.24) is 14.8 Å². The summed E-state index contributed by atoms with van der Waals surface area (Å²) in [6.45, 7) is 7.74. The third-order valence-electron chi connectivity index (χ3n) is 2.94. The summed E-state index contributed by atoms with van der Waals surface area (Å²) in [6, 6.07) is 1.62. The Balaban J connectivity index is 2.09. The molecule has 6 heteroatoms. The lowest BCUT2D eigenvalue weighted by Gasteiger charge is -2.13. The number of thiazole rings is 1. The van der Waals surface area contributed by atoms with Gasteiger partial charge in [-0.25, -0.2) is 4.98 Å². The number of hydrogen-bond acceptors (Lipinski definition) is 4. The Morgan fingerprint density at radius 3 is 2.79 bits per heavy atom. The maximum absolute atomic E-state index is 12.2. The van der Waals surface area contributed by atoms with Crippen LogP contribution in [0.1, 0.15) is 37.0 Å². The van der Waals surface area contributed by atoms with Crippen LogP contribution in [0.2, 0.25) is 0 Å². The number of amides is 1. The topological polar surface area (TPSA) is 59.8 Å². The molecular formula is C13H18N4OS. The number of nitrogens with one attached hydrogen (secondary N) is 1. The van der Waals surface area contributed by atoms with E-state index in [0.29, 0.717) is 5.13 Å². The lowest BCUT2D eigenvalue weighted by Crippen LogP contribution is -2.25. The molecule has 0 bridgehead atoms. The Morgan fingerprint density at radius 1 is 1.53 bits per heavy atom. The van der Waals surface area contributed by atoms with Gasteiger partial charge in [0.15, 0.2) is 5.13 Å². The zero-order valence-corrected chi connectivity index (χ0v) is 12.4. The Morgan fingerprint density at radius 2 is 2.26 bits per heavy atom. The van der Waals surface area contributed by atoms with E-state index in [-0.39, 0.29) is 11.9 Å². The Bertz CT molecular complexity index is 587. The predicted molar refractivity (Wildman–Crippen MR) is 76.5 cm³/mol. The van der Waals surface area contributed by atoms with E-state index in [2.05, 4.69) is 15.4 Å². The molecule has 0 aliphatic carbocycles. The van der Waals surface area contributed by atoms with E-state index in [9.17, 15) is 4.79 Å². The number of hydrogen-bond donors (Lipinski definition) is 1. The van der Waals surface area contributed by atoms with Gasteiger partial charge in [-0.05, 0) is 33.3 Å². The number of nitrogens with zero attached hydrogens (tertiary/aromatic N) is 3. The van der Waals surface area contributed by atoms with Crippen molar-refractivity contribution in [2.75, 3.05) is 5.32 Å². The van der Waals surface area contributed by atoms with Crippen LogP contribution < -0.4 is 5.32 Å². The first-order valence-electron chi connectivity index (χ1n) is 6.29. The second-order valence-electron chi connectivity index (χ2n) is 4.53. The predicted octanol–water partition coefficient (Wildman–Crippen LogP) is 2.72. The van der Waals surface area contributed by atoms with E-state index in [1.54, 1.807) is 4.68 Å². The third kappa shape index (κ3) is 3.01. The van der Waals surface area contributed by atoms with Crippen LogP contribution >= 0.6 is 11.3 Å². The Kier molecular flexibility index (Phi) is 3.99. The monoisotopic (exact) mass is 278 g/mol. The summed E-state index contributed by atoms with van der Waals surface area (Å²) in [5, 5.41) is 9.78. The maximum atomic E-state index is 12.2. The number of carbonyl (C=O) groups is 1. The molecule has 2 aromatic rings. The van der Waals surface area contributed by atoms with Gasteiger partial charge in [-0.2, -0.15) is 5.10 Å². The van der Waals surface area contributed by atoms with Gasteiger partial charge in [-0.15, -0.1) is 11.3 Å². The summed E-state index contributed by atoms with van der Waals surface area (Å²) in [7, 11) is 0. The highest BCUT2D eigenvalue weighted by Crippen LogP contribution is 2.18. The van der Waals surface area contributed by atoms with Gasteiger partial charge in [-0.3, -0.25) is 9.48 Å². The molecular weight excluding hydrogens is 260 g/mol. The molecule has 0 aromatic carbocycles. The minimum atomic E-state index is -0.345. The third-order valence-corrected chi connectivity index (χ3v) is 3.74. The van der Waals surface area contributed by atoms with E-state index < -0.39 is 0 Å². The Labute approximate surface area is 116 Å². The van der Waals surface area contributed by atoms with Crippen LogP contribution in [-0.4, -0.2) is 20.7 Å². The van der Waals surface area contributed by atoms with Crippen molar-refractivity contribution in [3.8, 4) is 0 Å². The largest absolute Gasteiger partial charge is 0.300 e. The smallest absolute Gasteiger partial charge is 0.250 e. The number of aromatic nitrogens is 3. The van der Waals surface area contributed by atoms with Gasteiger partial charge >= 0.3 is 0 Å². The molecule has 0 saturated carbocycles. The summed E-state index contributed by atoms with van der Waals surface area (Å²) >= 11 is 1.45. The molecule has 0 aliphatic rings. The number of aryl methyl sites for hydroxylation is 3. The second-order valence-corrected chi connectivity index (χ2v) is 5.39. The highest BCUT2D eigenvalue weighted by atomic mass is 32.1. The van der Waals surface area contributed by atoms with Crippen LogP contribution in [0.4, 0.5) is 5.13 Å². The fourth-order valence-corrected chi connectivity index (χ4v) is 2.68. The highest BCUT2D eigenvalue weighted by molar-refractivity contribution is 7.13. The molecule has 0 saturated heterocycles. The summed E-state index contributed by atoms with van der Waals surface area (Å²) in [6.07, 6.45) is 0.874. The zero-order chi connectivity index (χ0) is 14.0. The molecule has 5 nitrogen and oxygen atoms in total. The molecule has 2 aromatic heterocycles. The molecule has 1 unspecified atom stereocenters. The summed E-state index contributed by atoms with van der Waals surface area (Å²) in [5.74, 6) is -0.0943. The molecule has 1 N–H and O–H groups in total. The van der Waals surface area contributed by atoms with Crippen molar-refractivity contribution >= 4 is 22.4 Å². The van der Waals surface area contributed by atoms with Crippen LogP contribution in [-0.2, 0) is 11.2 Å². The van der Waals surface area contributed by atoms with E-state index in [4.69, 9.17) is 0 Å². The molecule has 102 valence electrons. The Hall–Kier alpha value is -1.69. The van der Waals surface area contributed by atoms with Crippen LogP contribution in [0.5, 0.6) is 0 Å². The lowest BCUT2D eigenvalue weighted by atomic mass is 10.3. The van der Waals surface area contributed by atoms with E-state index in [0.717, 1.165) is 23.5 Å². The van der Waals surface area contributed by atoms with E-state index in [1.165, 1.54) is 11.3 Å². The minimum absolute atomic E-state index is 0.0943.